The van der Waals surface area contributed by atoms with E-state index in [1.165, 1.54) is 5.56 Å². The highest BCUT2D eigenvalue weighted by molar-refractivity contribution is 5.28. The first kappa shape index (κ1) is 15.0. The number of nitrogens with one attached hydrogen (secondary N) is 1. The van der Waals surface area contributed by atoms with Crippen molar-refractivity contribution in [3.8, 4) is 5.75 Å². The van der Waals surface area contributed by atoms with Crippen LogP contribution in [0.25, 0.3) is 0 Å². The highest BCUT2D eigenvalue weighted by Crippen LogP contribution is 2.15. The van der Waals surface area contributed by atoms with E-state index in [1.807, 2.05) is 12.1 Å². The predicted octanol–water partition coefficient (Wildman–Crippen LogP) is 2.52. The van der Waals surface area contributed by atoms with Gasteiger partial charge in [-0.1, -0.05) is 19.1 Å². The minimum Gasteiger partial charge on any atom is -0.497 e. The summed E-state index contributed by atoms with van der Waals surface area (Å²) in [5.74, 6) is 0.923. The summed E-state index contributed by atoms with van der Waals surface area (Å²) in [5, 5.41) is 3.49. The molecule has 0 bridgehead atoms. The lowest BCUT2D eigenvalue weighted by Gasteiger charge is -2.31. The molecule has 0 fully saturated rings. The average Bonchev–Trinajstić information content (AvgIpc) is 2.28. The lowest BCUT2D eigenvalue weighted by Crippen LogP contribution is -2.47. The fourth-order valence-electron chi connectivity index (χ4n) is 2.35. The van der Waals surface area contributed by atoms with Crippen molar-refractivity contribution in [2.75, 3.05) is 27.2 Å². The zero-order valence-electron chi connectivity index (χ0n) is 12.3. The van der Waals surface area contributed by atoms with Crippen molar-refractivity contribution in [2.45, 2.75) is 32.9 Å². The lowest BCUT2D eigenvalue weighted by molar-refractivity contribution is 0.231. The summed E-state index contributed by atoms with van der Waals surface area (Å²) in [4.78, 5) is 2.33. The molecule has 1 aromatic rings. The molecule has 1 N–H and O–H groups in total. The Morgan fingerprint density at radius 3 is 2.67 bits per heavy atom. The first-order valence-electron chi connectivity index (χ1n) is 6.53. The molecule has 0 radical (unpaired) electrons. The van der Waals surface area contributed by atoms with Gasteiger partial charge in [0.15, 0.2) is 0 Å². The van der Waals surface area contributed by atoms with E-state index in [2.05, 4.69) is 50.2 Å². The molecule has 0 amide bonds. The van der Waals surface area contributed by atoms with Crippen molar-refractivity contribution in [1.29, 1.82) is 0 Å². The number of benzene rings is 1. The van der Waals surface area contributed by atoms with Gasteiger partial charge in [-0.25, -0.2) is 0 Å². The van der Waals surface area contributed by atoms with E-state index >= 15 is 0 Å². The van der Waals surface area contributed by atoms with Crippen molar-refractivity contribution in [3.63, 3.8) is 0 Å². The van der Waals surface area contributed by atoms with E-state index in [4.69, 9.17) is 4.74 Å². The Kier molecular flexibility index (Phi) is 5.63. The van der Waals surface area contributed by atoms with Crippen LogP contribution in [0.1, 0.15) is 26.3 Å². The Morgan fingerprint density at radius 1 is 1.33 bits per heavy atom. The number of likely N-dealkylation sites (N-methyl/N-ethyl adjacent to an activating group) is 2. The molecule has 0 aliphatic heterocycles. The molecule has 0 spiro atoms. The second-order valence-corrected chi connectivity index (χ2v) is 5.44. The molecule has 3 heteroatoms. The van der Waals surface area contributed by atoms with Gasteiger partial charge in [-0.3, -0.25) is 0 Å². The van der Waals surface area contributed by atoms with Gasteiger partial charge in [-0.2, -0.15) is 0 Å². The van der Waals surface area contributed by atoms with Gasteiger partial charge in [0.25, 0.3) is 0 Å². The Labute approximate surface area is 111 Å². The fraction of sp³-hybridized carbons (Fsp3) is 0.600. The smallest absolute Gasteiger partial charge is 0.119 e. The molecule has 0 saturated heterocycles. The Hall–Kier alpha value is -1.06. The van der Waals surface area contributed by atoms with E-state index in [1.54, 1.807) is 7.11 Å². The number of hydrogen-bond acceptors (Lipinski definition) is 3. The quantitative estimate of drug-likeness (QED) is 0.805. The average molecular weight is 250 g/mol. The van der Waals surface area contributed by atoms with Gasteiger partial charge >= 0.3 is 0 Å². The van der Waals surface area contributed by atoms with Crippen molar-refractivity contribution in [1.82, 2.24) is 10.2 Å². The van der Waals surface area contributed by atoms with Gasteiger partial charge < -0.3 is 15.0 Å². The van der Waals surface area contributed by atoms with Crippen molar-refractivity contribution in [2.24, 2.45) is 0 Å². The molecule has 0 aromatic heterocycles. The fourth-order valence-corrected chi connectivity index (χ4v) is 2.35. The topological polar surface area (TPSA) is 24.5 Å². The number of rotatable bonds is 7. The maximum absolute atomic E-state index is 5.25. The van der Waals surface area contributed by atoms with E-state index < -0.39 is 0 Å². The van der Waals surface area contributed by atoms with Crippen LogP contribution >= 0.6 is 0 Å². The monoisotopic (exact) mass is 250 g/mol. The zero-order chi connectivity index (χ0) is 13.6. The Balaban J connectivity index is 2.55. The molecule has 0 saturated carbocycles. The van der Waals surface area contributed by atoms with Crippen LogP contribution in [0.4, 0.5) is 0 Å². The SMILES string of the molecule is CCNC(C)(C)CN(C)Cc1cccc(OC)c1. The number of methoxy groups -OCH3 is 1. The van der Waals surface area contributed by atoms with Gasteiger partial charge in [-0.05, 0) is 45.1 Å². The summed E-state index contributed by atoms with van der Waals surface area (Å²) in [7, 11) is 3.86. The van der Waals surface area contributed by atoms with Gasteiger partial charge in [0.1, 0.15) is 5.75 Å². The summed E-state index contributed by atoms with van der Waals surface area (Å²) < 4.78 is 5.25. The van der Waals surface area contributed by atoms with Crippen molar-refractivity contribution in [3.05, 3.63) is 29.8 Å². The molecular formula is C15H26N2O. The standard InChI is InChI=1S/C15H26N2O/c1-6-16-15(2,3)12-17(4)11-13-8-7-9-14(10-13)18-5/h7-10,16H,6,11-12H2,1-5H3. The van der Waals surface area contributed by atoms with E-state index in [-0.39, 0.29) is 5.54 Å². The van der Waals surface area contributed by atoms with Gasteiger partial charge in [0.2, 0.25) is 0 Å². The summed E-state index contributed by atoms with van der Waals surface area (Å²) >= 11 is 0. The third-order valence-corrected chi connectivity index (χ3v) is 2.91. The van der Waals surface area contributed by atoms with Crippen LogP contribution in [0, 0.1) is 0 Å². The molecule has 3 nitrogen and oxygen atoms in total. The molecule has 0 aliphatic rings. The molecule has 0 aliphatic carbocycles. The van der Waals surface area contributed by atoms with Gasteiger partial charge in [0, 0.05) is 18.6 Å². The van der Waals surface area contributed by atoms with Crippen LogP contribution in [-0.4, -0.2) is 37.7 Å². The molecule has 0 atom stereocenters. The third kappa shape index (κ3) is 5.07. The highest BCUT2D eigenvalue weighted by Gasteiger charge is 2.18. The second kappa shape index (κ2) is 6.76. The van der Waals surface area contributed by atoms with Crippen molar-refractivity contribution >= 4 is 0 Å². The minimum absolute atomic E-state index is 0.141. The van der Waals surface area contributed by atoms with Crippen LogP contribution in [0.5, 0.6) is 5.75 Å². The van der Waals surface area contributed by atoms with Crippen LogP contribution in [0.3, 0.4) is 0 Å². The maximum Gasteiger partial charge on any atom is 0.119 e. The summed E-state index contributed by atoms with van der Waals surface area (Å²) in [6, 6.07) is 8.25. The molecule has 0 unspecified atom stereocenters. The molecular weight excluding hydrogens is 224 g/mol. The number of hydrogen-bond donors (Lipinski definition) is 1. The summed E-state index contributed by atoms with van der Waals surface area (Å²) in [5.41, 5.74) is 1.42. The lowest BCUT2D eigenvalue weighted by atomic mass is 10.0. The highest BCUT2D eigenvalue weighted by atomic mass is 16.5. The minimum atomic E-state index is 0.141. The summed E-state index contributed by atoms with van der Waals surface area (Å²) in [6.07, 6.45) is 0. The largest absolute Gasteiger partial charge is 0.497 e. The Bertz CT molecular complexity index is 363. The molecule has 0 heterocycles. The van der Waals surface area contributed by atoms with E-state index in [0.717, 1.165) is 25.4 Å². The molecule has 1 aromatic carbocycles. The zero-order valence-corrected chi connectivity index (χ0v) is 12.3. The molecule has 102 valence electrons. The van der Waals surface area contributed by atoms with Crippen LogP contribution in [0.15, 0.2) is 24.3 Å². The third-order valence-electron chi connectivity index (χ3n) is 2.91. The second-order valence-electron chi connectivity index (χ2n) is 5.44. The first-order valence-corrected chi connectivity index (χ1v) is 6.53. The normalized spacial score (nSPS) is 11.9. The first-order chi connectivity index (χ1) is 8.46. The van der Waals surface area contributed by atoms with Crippen LogP contribution in [0.2, 0.25) is 0 Å². The number of nitrogens with zero attached hydrogens (tertiary/aromatic N) is 1. The predicted molar refractivity (Wildman–Crippen MR) is 77.1 cm³/mol. The van der Waals surface area contributed by atoms with Crippen LogP contribution < -0.4 is 10.1 Å². The molecule has 18 heavy (non-hydrogen) atoms. The van der Waals surface area contributed by atoms with E-state index in [0.29, 0.717) is 0 Å². The van der Waals surface area contributed by atoms with Gasteiger partial charge in [0.05, 0.1) is 7.11 Å². The number of ether oxygens (including phenoxy) is 1. The molecule has 1 rings (SSSR count). The Morgan fingerprint density at radius 2 is 2.06 bits per heavy atom. The summed E-state index contributed by atoms with van der Waals surface area (Å²) in [6.45, 7) is 9.56. The van der Waals surface area contributed by atoms with E-state index in [9.17, 15) is 0 Å². The van der Waals surface area contributed by atoms with Crippen molar-refractivity contribution < 1.29 is 4.74 Å². The maximum atomic E-state index is 5.25. The van der Waals surface area contributed by atoms with Crippen LogP contribution in [-0.2, 0) is 6.54 Å². The van der Waals surface area contributed by atoms with Gasteiger partial charge in [-0.15, -0.1) is 0 Å².